The van der Waals surface area contributed by atoms with Gasteiger partial charge in [0, 0.05) is 23.2 Å². The number of sulfonamides is 1. The van der Waals surface area contributed by atoms with Crippen LogP contribution in [0.5, 0.6) is 0 Å². The van der Waals surface area contributed by atoms with E-state index >= 15 is 0 Å². The van der Waals surface area contributed by atoms with Crippen LogP contribution in [0.25, 0.3) is 38.8 Å². The number of hydrogen-bond acceptors (Lipinski definition) is 4. The summed E-state index contributed by atoms with van der Waals surface area (Å²) in [6.07, 6.45) is 7.57. The fourth-order valence-corrected chi connectivity index (χ4v) is 5.89. The van der Waals surface area contributed by atoms with E-state index in [1.807, 2.05) is 35.0 Å². The summed E-state index contributed by atoms with van der Waals surface area (Å²) in [4.78, 5) is 4.79. The average molecular weight is 483 g/mol. The maximum absolute atomic E-state index is 12.1. The topological polar surface area (TPSA) is 89.5 Å². The highest BCUT2D eigenvalue weighted by Gasteiger charge is 2.18. The summed E-state index contributed by atoms with van der Waals surface area (Å²) >= 11 is 0. The van der Waals surface area contributed by atoms with Gasteiger partial charge in [-0.25, -0.2) is 18.5 Å². The average Bonchev–Trinajstić information content (AvgIpc) is 3.31. The van der Waals surface area contributed by atoms with Crippen LogP contribution in [0.15, 0.2) is 90.1 Å². The van der Waals surface area contributed by atoms with Gasteiger partial charge in [-0.05, 0) is 59.7 Å². The van der Waals surface area contributed by atoms with Gasteiger partial charge in [0.05, 0.1) is 16.8 Å². The van der Waals surface area contributed by atoms with Gasteiger partial charge in [-0.1, -0.05) is 61.0 Å². The molecule has 35 heavy (non-hydrogen) atoms. The Bertz CT molecular complexity index is 1650. The zero-order valence-electron chi connectivity index (χ0n) is 19.2. The number of piperidine rings is 1. The highest BCUT2D eigenvalue weighted by atomic mass is 32.2. The third-order valence-electron chi connectivity index (χ3n) is 6.94. The molecule has 5 aromatic rings. The Balaban J connectivity index is 1.38. The van der Waals surface area contributed by atoms with E-state index in [0.29, 0.717) is 11.4 Å². The molecular weight excluding hydrogens is 456 g/mol. The van der Waals surface area contributed by atoms with E-state index in [1.165, 1.54) is 24.8 Å². The second kappa shape index (κ2) is 8.61. The summed E-state index contributed by atoms with van der Waals surface area (Å²) in [5.74, 6) is 0. The first kappa shape index (κ1) is 22.0. The molecule has 6 nitrogen and oxygen atoms in total. The summed E-state index contributed by atoms with van der Waals surface area (Å²) in [7, 11) is -3.83. The van der Waals surface area contributed by atoms with Crippen LogP contribution >= 0.6 is 0 Å². The van der Waals surface area contributed by atoms with E-state index in [2.05, 4.69) is 46.7 Å². The number of rotatable bonds is 4. The monoisotopic (exact) mass is 482 g/mol. The Kier molecular flexibility index (Phi) is 5.40. The quantitative estimate of drug-likeness (QED) is 0.365. The number of pyridine rings is 1. The zero-order chi connectivity index (χ0) is 24.0. The van der Waals surface area contributed by atoms with E-state index in [4.69, 9.17) is 5.14 Å². The van der Waals surface area contributed by atoms with E-state index in [1.54, 1.807) is 18.2 Å². The van der Waals surface area contributed by atoms with E-state index in [-0.39, 0.29) is 4.90 Å². The standard InChI is InChI=1S/C28H26N4O2S/c29-35(33,34)27-13-12-23(22-5-1-2-6-24(22)27)26-18-31-28-17-21(14-16-32(26)28)19-8-10-20(11-9-19)25-7-3-4-15-30-25/h1-2,5-6,8-14,16-18,25,30H,3-4,7,15H2,(H2,29,33,34). The molecule has 1 fully saturated rings. The van der Waals surface area contributed by atoms with Crippen LogP contribution in [0.1, 0.15) is 30.9 Å². The van der Waals surface area contributed by atoms with E-state index in [9.17, 15) is 8.42 Å². The van der Waals surface area contributed by atoms with Gasteiger partial charge >= 0.3 is 0 Å². The molecular formula is C28H26N4O2S. The molecule has 0 bridgehead atoms. The number of benzene rings is 3. The minimum atomic E-state index is -3.83. The molecule has 7 heteroatoms. The van der Waals surface area contributed by atoms with Crippen molar-refractivity contribution in [2.75, 3.05) is 6.54 Å². The molecule has 0 aliphatic carbocycles. The minimum Gasteiger partial charge on any atom is -0.310 e. The third-order valence-corrected chi connectivity index (χ3v) is 7.91. The van der Waals surface area contributed by atoms with Crippen molar-refractivity contribution in [1.29, 1.82) is 0 Å². The van der Waals surface area contributed by atoms with Crippen molar-refractivity contribution >= 4 is 26.4 Å². The van der Waals surface area contributed by atoms with Gasteiger partial charge < -0.3 is 5.32 Å². The van der Waals surface area contributed by atoms with Crippen molar-refractivity contribution in [1.82, 2.24) is 14.7 Å². The second-order valence-corrected chi connectivity index (χ2v) is 10.6. The zero-order valence-corrected chi connectivity index (χ0v) is 20.0. The van der Waals surface area contributed by atoms with Crippen LogP contribution in [-0.2, 0) is 10.0 Å². The second-order valence-electron chi connectivity index (χ2n) is 9.11. The number of aromatic nitrogens is 2. The third kappa shape index (κ3) is 4.01. The van der Waals surface area contributed by atoms with Gasteiger partial charge in [0.2, 0.25) is 10.0 Å². The summed E-state index contributed by atoms with van der Waals surface area (Å²) in [6, 6.07) is 24.2. The van der Waals surface area contributed by atoms with Gasteiger partial charge in [0.15, 0.2) is 0 Å². The van der Waals surface area contributed by atoms with Gasteiger partial charge in [0.25, 0.3) is 0 Å². The van der Waals surface area contributed by atoms with Gasteiger partial charge in [-0.2, -0.15) is 0 Å². The lowest BCUT2D eigenvalue weighted by molar-refractivity contribution is 0.412. The van der Waals surface area contributed by atoms with Crippen molar-refractivity contribution in [2.24, 2.45) is 5.14 Å². The van der Waals surface area contributed by atoms with Crippen LogP contribution < -0.4 is 10.5 Å². The molecule has 2 aromatic heterocycles. The Morgan fingerprint density at radius 1 is 0.914 bits per heavy atom. The Morgan fingerprint density at radius 3 is 2.46 bits per heavy atom. The van der Waals surface area contributed by atoms with Crippen LogP contribution in [-0.4, -0.2) is 24.3 Å². The molecule has 3 aromatic carbocycles. The SMILES string of the molecule is NS(=O)(=O)c1ccc(-c2cnc3cc(-c4ccc(C5CCCCN5)cc4)ccn23)c2ccccc12. The Hall–Kier alpha value is -3.52. The maximum Gasteiger partial charge on any atom is 0.238 e. The Morgan fingerprint density at radius 2 is 1.71 bits per heavy atom. The first-order valence-corrected chi connectivity index (χ1v) is 13.4. The van der Waals surface area contributed by atoms with Crippen molar-refractivity contribution < 1.29 is 8.42 Å². The summed E-state index contributed by atoms with van der Waals surface area (Å²) in [6.45, 7) is 1.09. The normalized spacial score (nSPS) is 16.7. The van der Waals surface area contributed by atoms with Gasteiger partial charge in [0.1, 0.15) is 5.65 Å². The number of nitrogens with one attached hydrogen (secondary N) is 1. The number of primary sulfonamides is 1. The predicted molar refractivity (Wildman–Crippen MR) is 140 cm³/mol. The highest BCUT2D eigenvalue weighted by molar-refractivity contribution is 7.89. The predicted octanol–water partition coefficient (Wildman–Crippen LogP) is 5.28. The van der Waals surface area contributed by atoms with Crippen molar-refractivity contribution in [2.45, 2.75) is 30.2 Å². The van der Waals surface area contributed by atoms with Crippen LogP contribution in [0.3, 0.4) is 0 Å². The smallest absolute Gasteiger partial charge is 0.238 e. The largest absolute Gasteiger partial charge is 0.310 e. The van der Waals surface area contributed by atoms with Gasteiger partial charge in [-0.3, -0.25) is 4.40 Å². The van der Waals surface area contributed by atoms with E-state index < -0.39 is 10.0 Å². The van der Waals surface area contributed by atoms with Crippen molar-refractivity contribution in [3.05, 3.63) is 90.8 Å². The fraction of sp³-hybridized carbons (Fsp3) is 0.179. The number of nitrogens with two attached hydrogens (primary N) is 1. The van der Waals surface area contributed by atoms with Crippen molar-refractivity contribution in [3.8, 4) is 22.4 Å². The van der Waals surface area contributed by atoms with Crippen LogP contribution in [0, 0.1) is 0 Å². The van der Waals surface area contributed by atoms with Crippen molar-refractivity contribution in [3.63, 3.8) is 0 Å². The molecule has 1 aliphatic heterocycles. The number of imidazole rings is 1. The van der Waals surface area contributed by atoms with Crippen LogP contribution in [0.4, 0.5) is 0 Å². The molecule has 0 spiro atoms. The first-order chi connectivity index (χ1) is 17.0. The van der Waals surface area contributed by atoms with Crippen LogP contribution in [0.2, 0.25) is 0 Å². The number of nitrogens with zero attached hydrogens (tertiary/aromatic N) is 2. The highest BCUT2D eigenvalue weighted by Crippen LogP contribution is 2.34. The lowest BCUT2D eigenvalue weighted by Crippen LogP contribution is -2.26. The number of fused-ring (bicyclic) bond motifs is 2. The molecule has 0 amide bonds. The molecule has 0 saturated carbocycles. The molecule has 3 heterocycles. The molecule has 1 unspecified atom stereocenters. The Labute approximate surface area is 204 Å². The molecule has 1 aliphatic rings. The molecule has 1 saturated heterocycles. The molecule has 3 N–H and O–H groups in total. The van der Waals surface area contributed by atoms with E-state index in [0.717, 1.165) is 40.0 Å². The minimum absolute atomic E-state index is 0.125. The lowest BCUT2D eigenvalue weighted by atomic mass is 9.95. The first-order valence-electron chi connectivity index (χ1n) is 11.8. The summed E-state index contributed by atoms with van der Waals surface area (Å²) < 4.78 is 26.2. The number of hydrogen-bond donors (Lipinski definition) is 2. The molecule has 6 rings (SSSR count). The molecule has 1 atom stereocenters. The fourth-order valence-electron chi connectivity index (χ4n) is 5.15. The maximum atomic E-state index is 12.1. The van der Waals surface area contributed by atoms with Gasteiger partial charge in [-0.15, -0.1) is 0 Å². The lowest BCUT2D eigenvalue weighted by Gasteiger charge is -2.24. The summed E-state index contributed by atoms with van der Waals surface area (Å²) in [5.41, 5.74) is 6.22. The molecule has 176 valence electrons. The molecule has 0 radical (unpaired) electrons. The summed E-state index contributed by atoms with van der Waals surface area (Å²) in [5, 5.41) is 10.5.